The van der Waals surface area contributed by atoms with Crippen molar-refractivity contribution in [2.45, 2.75) is 0 Å². The Balaban J connectivity index is 1.30. The van der Waals surface area contributed by atoms with Crippen LogP contribution in [0.5, 0.6) is 5.75 Å². The zero-order chi connectivity index (χ0) is 24.1. The summed E-state index contributed by atoms with van der Waals surface area (Å²) in [5.74, 6) is 0.0924. The number of hydrogen-bond acceptors (Lipinski definition) is 6. The lowest BCUT2D eigenvalue weighted by Gasteiger charge is -2.36. The average molecular weight is 515 g/mol. The fraction of sp³-hybridized carbons (Fsp3) is 0.208. The van der Waals surface area contributed by atoms with Gasteiger partial charge in [-0.1, -0.05) is 17.7 Å². The van der Waals surface area contributed by atoms with Crippen molar-refractivity contribution in [3.05, 3.63) is 75.4 Å². The summed E-state index contributed by atoms with van der Waals surface area (Å²) >= 11 is 12.8. The standard InChI is InChI=1S/C24H23ClN4O3S2/c1-32-20-9-4-16(25)15-19(20)22(30)27-24(33)26-17-5-7-18(8-6-17)28-10-12-29(13-11-28)23(31)21-3-2-14-34-21/h2-9,14-15H,10-13H2,1H3,(H2,26,27,30,33). The van der Waals surface area contributed by atoms with Gasteiger partial charge in [-0.05, 0) is 66.1 Å². The summed E-state index contributed by atoms with van der Waals surface area (Å²) in [6.45, 7) is 2.89. The molecule has 0 bridgehead atoms. The van der Waals surface area contributed by atoms with Crippen molar-refractivity contribution in [1.82, 2.24) is 10.2 Å². The SMILES string of the molecule is COc1ccc(Cl)cc1C(=O)NC(=S)Nc1ccc(N2CCN(C(=O)c3cccs3)CC2)cc1. The van der Waals surface area contributed by atoms with Gasteiger partial charge in [0.25, 0.3) is 11.8 Å². The van der Waals surface area contributed by atoms with Crippen LogP contribution < -0.4 is 20.3 Å². The topological polar surface area (TPSA) is 73.9 Å². The molecule has 1 aliphatic rings. The van der Waals surface area contributed by atoms with Crippen molar-refractivity contribution in [1.29, 1.82) is 0 Å². The molecule has 10 heteroatoms. The molecule has 2 N–H and O–H groups in total. The summed E-state index contributed by atoms with van der Waals surface area (Å²) < 4.78 is 5.22. The molecule has 0 radical (unpaired) electrons. The lowest BCUT2D eigenvalue weighted by atomic mass is 10.2. The van der Waals surface area contributed by atoms with E-state index in [9.17, 15) is 9.59 Å². The summed E-state index contributed by atoms with van der Waals surface area (Å²) in [4.78, 5) is 30.0. The number of halogens is 1. The Morgan fingerprint density at radius 1 is 1.06 bits per heavy atom. The molecule has 1 aromatic heterocycles. The van der Waals surface area contributed by atoms with Crippen LogP contribution in [0.1, 0.15) is 20.0 Å². The van der Waals surface area contributed by atoms with Crippen LogP contribution in [0, 0.1) is 0 Å². The van der Waals surface area contributed by atoms with Crippen molar-refractivity contribution in [2.75, 3.05) is 43.5 Å². The van der Waals surface area contributed by atoms with E-state index in [1.807, 2.05) is 46.7 Å². The van der Waals surface area contributed by atoms with Gasteiger partial charge in [0, 0.05) is 42.6 Å². The van der Waals surface area contributed by atoms with Crippen molar-refractivity contribution in [2.24, 2.45) is 0 Å². The minimum absolute atomic E-state index is 0.0974. The Bertz CT molecular complexity index is 1180. The van der Waals surface area contributed by atoms with Gasteiger partial charge in [-0.3, -0.25) is 14.9 Å². The third-order valence-electron chi connectivity index (χ3n) is 5.42. The number of rotatable bonds is 5. The molecule has 2 heterocycles. The molecular weight excluding hydrogens is 492 g/mol. The second-order valence-corrected chi connectivity index (χ2v) is 9.35. The van der Waals surface area contributed by atoms with Crippen LogP contribution >= 0.6 is 35.2 Å². The van der Waals surface area contributed by atoms with Crippen molar-refractivity contribution in [3.63, 3.8) is 0 Å². The minimum Gasteiger partial charge on any atom is -0.496 e. The maximum absolute atomic E-state index is 12.6. The fourth-order valence-electron chi connectivity index (χ4n) is 3.67. The van der Waals surface area contributed by atoms with Gasteiger partial charge in [0.05, 0.1) is 17.6 Å². The molecule has 0 atom stereocenters. The number of nitrogens with one attached hydrogen (secondary N) is 2. The second kappa shape index (κ2) is 10.9. The number of carbonyl (C=O) groups is 2. The molecule has 4 rings (SSSR count). The van der Waals surface area contributed by atoms with E-state index < -0.39 is 5.91 Å². The number of thiophene rings is 1. The molecule has 34 heavy (non-hydrogen) atoms. The van der Waals surface area contributed by atoms with Crippen LogP contribution in [-0.2, 0) is 0 Å². The van der Waals surface area contributed by atoms with Crippen LogP contribution in [0.2, 0.25) is 5.02 Å². The predicted molar refractivity (Wildman–Crippen MR) is 141 cm³/mol. The van der Waals surface area contributed by atoms with E-state index in [4.69, 9.17) is 28.6 Å². The Hall–Kier alpha value is -3.14. The number of hydrogen-bond donors (Lipinski definition) is 2. The highest BCUT2D eigenvalue weighted by Crippen LogP contribution is 2.23. The summed E-state index contributed by atoms with van der Waals surface area (Å²) in [6.07, 6.45) is 0. The van der Waals surface area contributed by atoms with Crippen molar-refractivity contribution < 1.29 is 14.3 Å². The first kappa shape index (κ1) is 24.0. The number of anilines is 2. The highest BCUT2D eigenvalue weighted by molar-refractivity contribution is 7.80. The molecule has 7 nitrogen and oxygen atoms in total. The van der Waals surface area contributed by atoms with Gasteiger partial charge in [0.2, 0.25) is 0 Å². The number of benzene rings is 2. The van der Waals surface area contributed by atoms with Crippen LogP contribution in [0.15, 0.2) is 60.0 Å². The molecule has 0 saturated carbocycles. The van der Waals surface area contributed by atoms with Crippen molar-refractivity contribution >= 4 is 63.5 Å². The smallest absolute Gasteiger partial charge is 0.264 e. The second-order valence-electron chi connectivity index (χ2n) is 7.56. The van der Waals surface area contributed by atoms with Gasteiger partial charge >= 0.3 is 0 Å². The first-order chi connectivity index (χ1) is 16.4. The quantitative estimate of drug-likeness (QED) is 0.488. The van der Waals surface area contributed by atoms with E-state index in [0.29, 0.717) is 29.4 Å². The number of ether oxygens (including phenoxy) is 1. The fourth-order valence-corrected chi connectivity index (χ4v) is 4.74. The highest BCUT2D eigenvalue weighted by atomic mass is 35.5. The van der Waals surface area contributed by atoms with Gasteiger partial charge < -0.3 is 19.9 Å². The maximum Gasteiger partial charge on any atom is 0.264 e. The molecule has 3 aromatic rings. The summed E-state index contributed by atoms with van der Waals surface area (Å²) in [7, 11) is 1.49. The van der Waals surface area contributed by atoms with E-state index in [0.717, 1.165) is 29.3 Å². The molecule has 176 valence electrons. The molecule has 0 unspecified atom stereocenters. The maximum atomic E-state index is 12.6. The Labute approximate surface area is 212 Å². The Kier molecular flexibility index (Phi) is 7.66. The lowest BCUT2D eigenvalue weighted by molar-refractivity contribution is 0.0751. The molecule has 1 saturated heterocycles. The number of amides is 2. The predicted octanol–water partition coefficient (Wildman–Crippen LogP) is 4.50. The number of nitrogens with zero attached hydrogens (tertiary/aromatic N) is 2. The van der Waals surface area contributed by atoms with Crippen LogP contribution in [0.25, 0.3) is 0 Å². The number of piperazine rings is 1. The van der Waals surface area contributed by atoms with E-state index in [1.165, 1.54) is 24.5 Å². The number of thiocarbonyl (C=S) groups is 1. The Morgan fingerprint density at radius 2 is 1.79 bits per heavy atom. The Morgan fingerprint density at radius 3 is 2.44 bits per heavy atom. The summed E-state index contributed by atoms with van der Waals surface area (Å²) in [5.41, 5.74) is 2.11. The third-order valence-corrected chi connectivity index (χ3v) is 6.72. The van der Waals surface area contributed by atoms with Gasteiger partial charge in [-0.25, -0.2) is 0 Å². The molecule has 0 spiro atoms. The monoisotopic (exact) mass is 514 g/mol. The largest absolute Gasteiger partial charge is 0.496 e. The van der Waals surface area contributed by atoms with E-state index in [2.05, 4.69) is 15.5 Å². The van der Waals surface area contributed by atoms with E-state index in [1.54, 1.807) is 12.1 Å². The zero-order valence-electron chi connectivity index (χ0n) is 18.4. The van der Waals surface area contributed by atoms with E-state index >= 15 is 0 Å². The summed E-state index contributed by atoms with van der Waals surface area (Å²) in [6, 6.07) is 16.3. The number of carbonyl (C=O) groups excluding carboxylic acids is 2. The summed E-state index contributed by atoms with van der Waals surface area (Å²) in [5, 5.41) is 8.18. The molecular formula is C24H23ClN4O3S2. The van der Waals surface area contributed by atoms with Crippen LogP contribution in [0.4, 0.5) is 11.4 Å². The van der Waals surface area contributed by atoms with Gasteiger partial charge in [-0.15, -0.1) is 11.3 Å². The molecule has 2 aromatic carbocycles. The van der Waals surface area contributed by atoms with Crippen LogP contribution in [-0.4, -0.2) is 55.1 Å². The first-order valence-corrected chi connectivity index (χ1v) is 12.2. The highest BCUT2D eigenvalue weighted by Gasteiger charge is 2.23. The minimum atomic E-state index is -0.413. The van der Waals surface area contributed by atoms with Crippen LogP contribution in [0.3, 0.4) is 0 Å². The van der Waals surface area contributed by atoms with Gasteiger partial charge in [0.1, 0.15) is 5.75 Å². The average Bonchev–Trinajstić information content (AvgIpc) is 3.39. The third kappa shape index (κ3) is 5.67. The zero-order valence-corrected chi connectivity index (χ0v) is 20.8. The van der Waals surface area contributed by atoms with Crippen molar-refractivity contribution in [3.8, 4) is 5.75 Å². The first-order valence-electron chi connectivity index (χ1n) is 10.6. The molecule has 2 amide bonds. The number of methoxy groups -OCH3 is 1. The van der Waals surface area contributed by atoms with E-state index in [-0.39, 0.29) is 11.0 Å². The molecule has 1 aliphatic heterocycles. The molecule has 1 fully saturated rings. The van der Waals surface area contributed by atoms with Gasteiger partial charge in [0.15, 0.2) is 5.11 Å². The van der Waals surface area contributed by atoms with Gasteiger partial charge in [-0.2, -0.15) is 0 Å². The lowest BCUT2D eigenvalue weighted by Crippen LogP contribution is -2.48. The molecule has 0 aliphatic carbocycles. The normalized spacial score (nSPS) is 13.4.